The summed E-state index contributed by atoms with van der Waals surface area (Å²) in [5.74, 6) is -1.57. The molecule has 1 atom stereocenters. The van der Waals surface area contributed by atoms with Gasteiger partial charge in [0.1, 0.15) is 6.54 Å². The minimum absolute atomic E-state index is 0.0348. The minimum atomic E-state index is -1.08. The highest BCUT2D eigenvalue weighted by atomic mass is 35.5. The van der Waals surface area contributed by atoms with Crippen LogP contribution in [0.5, 0.6) is 0 Å². The van der Waals surface area contributed by atoms with E-state index in [2.05, 4.69) is 9.97 Å². The van der Waals surface area contributed by atoms with Crippen molar-refractivity contribution < 1.29 is 14.7 Å². The molecule has 1 unspecified atom stereocenters. The zero-order valence-electron chi connectivity index (χ0n) is 11.5. The lowest BCUT2D eigenvalue weighted by molar-refractivity contribution is -0.138. The van der Waals surface area contributed by atoms with Crippen LogP contribution in [0.4, 0.5) is 0 Å². The molecule has 1 aromatic rings. The zero-order chi connectivity index (χ0) is 15.3. The Morgan fingerprint density at radius 3 is 2.70 bits per heavy atom. The van der Waals surface area contributed by atoms with Crippen LogP contribution in [0.3, 0.4) is 0 Å². The maximum absolute atomic E-state index is 12.4. The Labute approximate surface area is 126 Å². The van der Waals surface area contributed by atoms with E-state index in [1.165, 1.54) is 22.9 Å². The van der Waals surface area contributed by atoms with Crippen LogP contribution in [0.15, 0.2) is 11.4 Å². The molecule has 0 aliphatic rings. The molecular formula is C12H16ClN3O3S. The molecule has 0 spiro atoms. The van der Waals surface area contributed by atoms with Crippen LogP contribution in [0, 0.1) is 0 Å². The third-order valence-electron chi connectivity index (χ3n) is 2.80. The van der Waals surface area contributed by atoms with Gasteiger partial charge in [0.2, 0.25) is 0 Å². The van der Waals surface area contributed by atoms with Gasteiger partial charge in [-0.2, -0.15) is 0 Å². The molecule has 1 aromatic heterocycles. The lowest BCUT2D eigenvalue weighted by atomic mass is 10.2. The number of hydrogen-bond acceptors (Lipinski definition) is 5. The molecule has 110 valence electrons. The number of aromatic nitrogens is 2. The molecule has 0 aliphatic carbocycles. The average Bonchev–Trinajstić information content (AvgIpc) is 2.43. The fourth-order valence-electron chi connectivity index (χ4n) is 1.53. The van der Waals surface area contributed by atoms with E-state index in [1.54, 1.807) is 13.2 Å². The SMILES string of the molecule is CCC(C)N(CC(=O)O)C(=O)c1nc(SC)ncc1Cl. The third kappa shape index (κ3) is 4.08. The summed E-state index contributed by atoms with van der Waals surface area (Å²) in [6.07, 6.45) is 3.77. The first-order valence-electron chi connectivity index (χ1n) is 6.00. The highest BCUT2D eigenvalue weighted by molar-refractivity contribution is 7.98. The maximum atomic E-state index is 12.4. The van der Waals surface area contributed by atoms with Gasteiger partial charge in [0, 0.05) is 6.04 Å². The second kappa shape index (κ2) is 7.44. The summed E-state index contributed by atoms with van der Waals surface area (Å²) in [6.45, 7) is 3.27. The average molecular weight is 318 g/mol. The first-order valence-corrected chi connectivity index (χ1v) is 7.60. The molecule has 1 N–H and O–H groups in total. The maximum Gasteiger partial charge on any atom is 0.323 e. The predicted molar refractivity (Wildman–Crippen MR) is 77.2 cm³/mol. The van der Waals surface area contributed by atoms with Crippen molar-refractivity contribution in [1.29, 1.82) is 0 Å². The van der Waals surface area contributed by atoms with E-state index in [9.17, 15) is 9.59 Å². The van der Waals surface area contributed by atoms with Crippen molar-refractivity contribution in [2.45, 2.75) is 31.5 Å². The number of carbonyl (C=O) groups is 2. The fraction of sp³-hybridized carbons (Fsp3) is 0.500. The number of nitrogens with zero attached hydrogens (tertiary/aromatic N) is 3. The minimum Gasteiger partial charge on any atom is -0.480 e. The quantitative estimate of drug-likeness (QED) is 0.639. The van der Waals surface area contributed by atoms with E-state index in [-0.39, 0.29) is 23.3 Å². The number of aliphatic carboxylic acids is 1. The monoisotopic (exact) mass is 317 g/mol. The Balaban J connectivity index is 3.14. The predicted octanol–water partition coefficient (Wildman–Crippen LogP) is 2.18. The van der Waals surface area contributed by atoms with E-state index in [1.807, 2.05) is 6.92 Å². The molecular weight excluding hydrogens is 302 g/mol. The number of carboxylic acid groups (broad SMARTS) is 1. The number of carboxylic acids is 1. The lowest BCUT2D eigenvalue weighted by Crippen LogP contribution is -2.42. The Bertz CT molecular complexity index is 513. The standard InChI is InChI=1S/C12H16ClN3O3S/c1-4-7(2)16(6-9(17)18)11(19)10-8(13)5-14-12(15-10)20-3/h5,7H,4,6H2,1-3H3,(H,17,18). The smallest absolute Gasteiger partial charge is 0.323 e. The van der Waals surface area contributed by atoms with E-state index in [0.717, 1.165) is 0 Å². The molecule has 6 nitrogen and oxygen atoms in total. The molecule has 1 heterocycles. The van der Waals surface area contributed by atoms with Crippen LogP contribution in [0.1, 0.15) is 30.8 Å². The van der Waals surface area contributed by atoms with E-state index in [0.29, 0.717) is 11.6 Å². The molecule has 0 saturated heterocycles. The number of carbonyl (C=O) groups excluding carboxylic acids is 1. The van der Waals surface area contributed by atoms with Crippen molar-refractivity contribution in [3.8, 4) is 0 Å². The van der Waals surface area contributed by atoms with Gasteiger partial charge in [0.25, 0.3) is 5.91 Å². The van der Waals surface area contributed by atoms with Gasteiger partial charge in [-0.05, 0) is 19.6 Å². The van der Waals surface area contributed by atoms with Gasteiger partial charge >= 0.3 is 5.97 Å². The molecule has 0 fully saturated rings. The molecule has 20 heavy (non-hydrogen) atoms. The van der Waals surface area contributed by atoms with Gasteiger partial charge in [-0.3, -0.25) is 9.59 Å². The highest BCUT2D eigenvalue weighted by Crippen LogP contribution is 2.19. The largest absolute Gasteiger partial charge is 0.480 e. The number of thioether (sulfide) groups is 1. The van der Waals surface area contributed by atoms with Gasteiger partial charge in [0.15, 0.2) is 10.9 Å². The van der Waals surface area contributed by atoms with Crippen LogP contribution >= 0.6 is 23.4 Å². The van der Waals surface area contributed by atoms with Crippen molar-refractivity contribution in [3.63, 3.8) is 0 Å². The molecule has 1 rings (SSSR count). The van der Waals surface area contributed by atoms with Gasteiger partial charge < -0.3 is 10.0 Å². The Kier molecular flexibility index (Phi) is 6.22. The first-order chi connectivity index (χ1) is 9.40. The number of amides is 1. The zero-order valence-corrected chi connectivity index (χ0v) is 13.0. The molecule has 0 aromatic carbocycles. The van der Waals surface area contributed by atoms with Crippen molar-refractivity contribution in [3.05, 3.63) is 16.9 Å². The summed E-state index contributed by atoms with van der Waals surface area (Å²) in [6, 6.07) is -0.220. The topological polar surface area (TPSA) is 83.4 Å². The van der Waals surface area contributed by atoms with Gasteiger partial charge in [-0.15, -0.1) is 0 Å². The molecule has 8 heteroatoms. The van der Waals surface area contributed by atoms with Crippen molar-refractivity contribution in [1.82, 2.24) is 14.9 Å². The summed E-state index contributed by atoms with van der Waals surface area (Å²) in [4.78, 5) is 32.6. The van der Waals surface area contributed by atoms with E-state index in [4.69, 9.17) is 16.7 Å². The summed E-state index contributed by atoms with van der Waals surface area (Å²) >= 11 is 7.23. The van der Waals surface area contributed by atoms with Gasteiger partial charge in [-0.1, -0.05) is 30.3 Å². The third-order valence-corrected chi connectivity index (χ3v) is 3.63. The lowest BCUT2D eigenvalue weighted by Gasteiger charge is -2.26. The van der Waals surface area contributed by atoms with Crippen LogP contribution < -0.4 is 0 Å². The van der Waals surface area contributed by atoms with E-state index < -0.39 is 11.9 Å². The molecule has 1 amide bonds. The van der Waals surface area contributed by atoms with Crippen molar-refractivity contribution in [2.24, 2.45) is 0 Å². The molecule has 0 radical (unpaired) electrons. The van der Waals surface area contributed by atoms with Crippen LogP contribution in [-0.4, -0.2) is 50.7 Å². The van der Waals surface area contributed by atoms with Gasteiger partial charge in [0.05, 0.1) is 11.2 Å². The van der Waals surface area contributed by atoms with Crippen molar-refractivity contribution in [2.75, 3.05) is 12.8 Å². The van der Waals surface area contributed by atoms with Crippen LogP contribution in [0.25, 0.3) is 0 Å². The summed E-state index contributed by atoms with van der Waals surface area (Å²) in [7, 11) is 0. The summed E-state index contributed by atoms with van der Waals surface area (Å²) in [5, 5.41) is 9.46. The summed E-state index contributed by atoms with van der Waals surface area (Å²) < 4.78 is 0. The van der Waals surface area contributed by atoms with Gasteiger partial charge in [-0.25, -0.2) is 9.97 Å². The Morgan fingerprint density at radius 1 is 1.55 bits per heavy atom. The molecule has 0 aliphatic heterocycles. The van der Waals surface area contributed by atoms with E-state index >= 15 is 0 Å². The number of rotatable bonds is 6. The second-order valence-corrected chi connectivity index (χ2v) is 5.32. The Morgan fingerprint density at radius 2 is 2.20 bits per heavy atom. The van der Waals surface area contributed by atoms with Crippen LogP contribution in [0.2, 0.25) is 5.02 Å². The Hall–Kier alpha value is -1.34. The highest BCUT2D eigenvalue weighted by Gasteiger charge is 2.26. The number of halogens is 1. The molecule has 0 saturated carbocycles. The van der Waals surface area contributed by atoms with Crippen LogP contribution in [-0.2, 0) is 4.79 Å². The fourth-order valence-corrected chi connectivity index (χ4v) is 2.04. The normalized spacial score (nSPS) is 12.0. The van der Waals surface area contributed by atoms with Crippen molar-refractivity contribution >= 4 is 35.2 Å². The summed E-state index contributed by atoms with van der Waals surface area (Å²) in [5.41, 5.74) is 0.0348. The number of hydrogen-bond donors (Lipinski definition) is 1. The first kappa shape index (κ1) is 16.7. The molecule has 0 bridgehead atoms. The second-order valence-electron chi connectivity index (χ2n) is 4.14.